The molecule has 6 nitrogen and oxygen atoms in total. The van der Waals surface area contributed by atoms with E-state index in [2.05, 4.69) is 46.5 Å². The summed E-state index contributed by atoms with van der Waals surface area (Å²) in [6.45, 7) is 6.21. The van der Waals surface area contributed by atoms with Crippen molar-refractivity contribution in [3.05, 3.63) is 81.3 Å². The molecular weight excluding hydrogens is 384 g/mol. The molecule has 1 aromatic heterocycles. The second kappa shape index (κ2) is 9.52. The lowest BCUT2D eigenvalue weighted by atomic mass is 10.0. The zero-order chi connectivity index (χ0) is 20.8. The fourth-order valence-corrected chi connectivity index (χ4v) is 3.38. The molecule has 2 aromatic carbocycles. The van der Waals surface area contributed by atoms with Gasteiger partial charge in [0.25, 0.3) is 5.56 Å². The van der Waals surface area contributed by atoms with E-state index in [-0.39, 0.29) is 17.2 Å². The van der Waals surface area contributed by atoms with Crippen LogP contribution in [-0.2, 0) is 11.2 Å². The molecule has 0 atom stereocenters. The number of aromatic amines is 1. The van der Waals surface area contributed by atoms with Crippen LogP contribution in [0.15, 0.2) is 58.5 Å². The second-order valence-corrected chi connectivity index (χ2v) is 8.09. The molecule has 0 aliphatic rings. The minimum atomic E-state index is -0.283. The smallest absolute Gasteiger partial charge is 0.273 e. The van der Waals surface area contributed by atoms with Crippen LogP contribution in [0.3, 0.4) is 0 Å². The number of aryl methyl sites for hydroxylation is 1. The van der Waals surface area contributed by atoms with Crippen LogP contribution in [0, 0.1) is 6.92 Å². The number of aromatic nitrogens is 3. The molecule has 3 rings (SSSR count). The highest BCUT2D eigenvalue weighted by atomic mass is 32.2. The highest BCUT2D eigenvalue weighted by Crippen LogP contribution is 2.17. The van der Waals surface area contributed by atoms with Crippen molar-refractivity contribution in [3.8, 4) is 0 Å². The van der Waals surface area contributed by atoms with Gasteiger partial charge in [0.1, 0.15) is 5.69 Å². The highest BCUT2D eigenvalue weighted by Gasteiger charge is 2.10. The monoisotopic (exact) mass is 408 g/mol. The number of para-hydroxylation sites is 1. The predicted octanol–water partition coefficient (Wildman–Crippen LogP) is 3.92. The molecule has 0 radical (unpaired) electrons. The Morgan fingerprint density at radius 3 is 2.48 bits per heavy atom. The molecule has 1 heterocycles. The lowest BCUT2D eigenvalue weighted by Gasteiger charge is -2.08. The van der Waals surface area contributed by atoms with Crippen LogP contribution in [0.4, 0.5) is 5.69 Å². The second-order valence-electron chi connectivity index (χ2n) is 7.13. The summed E-state index contributed by atoms with van der Waals surface area (Å²) in [5.41, 5.74) is 4.10. The lowest BCUT2D eigenvalue weighted by molar-refractivity contribution is -0.113. The van der Waals surface area contributed by atoms with Crippen LogP contribution in [0.1, 0.15) is 42.1 Å². The summed E-state index contributed by atoms with van der Waals surface area (Å²) >= 11 is 1.15. The van der Waals surface area contributed by atoms with Gasteiger partial charge in [0, 0.05) is 12.1 Å². The van der Waals surface area contributed by atoms with Gasteiger partial charge in [-0.2, -0.15) is 0 Å². The molecule has 0 aliphatic heterocycles. The largest absolute Gasteiger partial charge is 0.325 e. The van der Waals surface area contributed by atoms with E-state index in [1.165, 1.54) is 5.56 Å². The van der Waals surface area contributed by atoms with Gasteiger partial charge in [-0.25, -0.2) is 0 Å². The molecule has 0 saturated heterocycles. The molecule has 29 heavy (non-hydrogen) atoms. The van der Waals surface area contributed by atoms with Gasteiger partial charge in [-0.15, -0.1) is 10.2 Å². The van der Waals surface area contributed by atoms with Crippen LogP contribution in [0.25, 0.3) is 0 Å². The average molecular weight is 409 g/mol. The molecular formula is C22H24N4O2S. The van der Waals surface area contributed by atoms with Gasteiger partial charge in [-0.3, -0.25) is 14.6 Å². The molecule has 3 aromatic rings. The van der Waals surface area contributed by atoms with Crippen LogP contribution in [0.5, 0.6) is 0 Å². The number of thioether (sulfide) groups is 1. The molecule has 0 spiro atoms. The maximum Gasteiger partial charge on any atom is 0.273 e. The molecule has 150 valence electrons. The van der Waals surface area contributed by atoms with E-state index >= 15 is 0 Å². The third-order valence-electron chi connectivity index (χ3n) is 4.52. The fourth-order valence-electron chi connectivity index (χ4n) is 2.77. The van der Waals surface area contributed by atoms with E-state index in [9.17, 15) is 9.59 Å². The number of rotatable bonds is 7. The number of H-pyrrole nitrogens is 1. The van der Waals surface area contributed by atoms with Crippen LogP contribution < -0.4 is 10.9 Å². The third kappa shape index (κ3) is 5.77. The summed E-state index contributed by atoms with van der Waals surface area (Å²) in [4.78, 5) is 27.2. The van der Waals surface area contributed by atoms with Gasteiger partial charge in [-0.05, 0) is 35.6 Å². The Balaban J connectivity index is 1.58. The van der Waals surface area contributed by atoms with Crippen LogP contribution in [0.2, 0.25) is 0 Å². The first-order valence-electron chi connectivity index (χ1n) is 9.45. The summed E-state index contributed by atoms with van der Waals surface area (Å²) < 4.78 is 0. The summed E-state index contributed by atoms with van der Waals surface area (Å²) in [6.07, 6.45) is 0.416. The molecule has 0 fully saturated rings. The lowest BCUT2D eigenvalue weighted by Crippen LogP contribution is -2.19. The number of carbonyl (C=O) groups is 1. The van der Waals surface area contributed by atoms with E-state index in [4.69, 9.17) is 0 Å². The Hall–Kier alpha value is -2.93. The van der Waals surface area contributed by atoms with E-state index in [0.29, 0.717) is 23.2 Å². The predicted molar refractivity (Wildman–Crippen MR) is 117 cm³/mol. The minimum Gasteiger partial charge on any atom is -0.325 e. The first kappa shape index (κ1) is 20.8. The standard InChI is InChI=1S/C22H24N4O2S/c1-14(2)17-10-8-16(9-11-17)12-19-21(28)24-22(26-25-19)29-13-20(27)23-18-7-5-4-6-15(18)3/h4-11,14H,12-13H2,1-3H3,(H,23,27)(H,24,26,28). The van der Waals surface area contributed by atoms with E-state index in [0.717, 1.165) is 28.6 Å². The Kier molecular flexibility index (Phi) is 6.82. The van der Waals surface area contributed by atoms with Gasteiger partial charge in [0.15, 0.2) is 5.16 Å². The van der Waals surface area contributed by atoms with Crippen molar-refractivity contribution < 1.29 is 4.79 Å². The van der Waals surface area contributed by atoms with Gasteiger partial charge in [0.2, 0.25) is 5.91 Å². The Labute approximate surface area is 174 Å². The third-order valence-corrected chi connectivity index (χ3v) is 5.38. The molecule has 0 unspecified atom stereocenters. The van der Waals surface area contributed by atoms with Crippen molar-refractivity contribution >= 4 is 23.4 Å². The Morgan fingerprint density at radius 1 is 1.10 bits per heavy atom. The maximum absolute atomic E-state index is 12.3. The topological polar surface area (TPSA) is 87.7 Å². The average Bonchev–Trinajstić information content (AvgIpc) is 2.70. The molecule has 0 saturated carbocycles. The molecule has 1 amide bonds. The zero-order valence-corrected chi connectivity index (χ0v) is 17.5. The summed E-state index contributed by atoms with van der Waals surface area (Å²) in [6, 6.07) is 15.7. The number of amides is 1. The Bertz CT molecular complexity index is 1050. The van der Waals surface area contributed by atoms with Crippen molar-refractivity contribution in [2.24, 2.45) is 0 Å². The first-order chi connectivity index (χ1) is 13.9. The maximum atomic E-state index is 12.3. The summed E-state index contributed by atoms with van der Waals surface area (Å²) in [5.74, 6) is 0.433. The summed E-state index contributed by atoms with van der Waals surface area (Å²) in [5, 5.41) is 11.3. The van der Waals surface area contributed by atoms with Crippen molar-refractivity contribution in [2.75, 3.05) is 11.1 Å². The van der Waals surface area contributed by atoms with Crippen LogP contribution >= 0.6 is 11.8 Å². The number of benzene rings is 2. The fraction of sp³-hybridized carbons (Fsp3) is 0.273. The zero-order valence-electron chi connectivity index (χ0n) is 16.7. The van der Waals surface area contributed by atoms with E-state index in [1.54, 1.807) is 0 Å². The number of nitrogens with one attached hydrogen (secondary N) is 2. The summed E-state index contributed by atoms with van der Waals surface area (Å²) in [7, 11) is 0. The number of nitrogens with zero attached hydrogens (tertiary/aromatic N) is 2. The molecule has 0 bridgehead atoms. The van der Waals surface area contributed by atoms with Crippen molar-refractivity contribution in [1.29, 1.82) is 0 Å². The first-order valence-corrected chi connectivity index (χ1v) is 10.4. The van der Waals surface area contributed by atoms with Crippen molar-refractivity contribution in [3.63, 3.8) is 0 Å². The highest BCUT2D eigenvalue weighted by molar-refractivity contribution is 7.99. The Morgan fingerprint density at radius 2 is 1.83 bits per heavy atom. The van der Waals surface area contributed by atoms with Crippen molar-refractivity contribution in [2.45, 2.75) is 38.3 Å². The molecule has 7 heteroatoms. The van der Waals surface area contributed by atoms with Gasteiger partial charge >= 0.3 is 0 Å². The van der Waals surface area contributed by atoms with E-state index < -0.39 is 0 Å². The number of carbonyl (C=O) groups excluding carboxylic acids is 1. The molecule has 2 N–H and O–H groups in total. The quantitative estimate of drug-likeness (QED) is 0.579. The SMILES string of the molecule is Cc1ccccc1NC(=O)CSc1nnc(Cc2ccc(C(C)C)cc2)c(=O)[nH]1. The van der Waals surface area contributed by atoms with Crippen molar-refractivity contribution in [1.82, 2.24) is 15.2 Å². The van der Waals surface area contributed by atoms with Gasteiger partial charge in [-0.1, -0.05) is 68.1 Å². The minimum absolute atomic E-state index is 0.134. The van der Waals surface area contributed by atoms with Gasteiger partial charge < -0.3 is 5.32 Å². The normalized spacial score (nSPS) is 10.9. The number of hydrogen-bond acceptors (Lipinski definition) is 5. The van der Waals surface area contributed by atoms with Crippen LogP contribution in [-0.4, -0.2) is 26.8 Å². The number of hydrogen-bond donors (Lipinski definition) is 2. The van der Waals surface area contributed by atoms with Gasteiger partial charge in [0.05, 0.1) is 5.75 Å². The van der Waals surface area contributed by atoms with E-state index in [1.807, 2.05) is 43.3 Å². The number of anilines is 1. The molecule has 0 aliphatic carbocycles.